The minimum absolute atomic E-state index is 0.0104. The molecule has 1 aromatic carbocycles. The second kappa shape index (κ2) is 11.6. The zero-order valence-corrected chi connectivity index (χ0v) is 22.5. The molecule has 7 nitrogen and oxygen atoms in total. The van der Waals surface area contributed by atoms with E-state index in [0.717, 1.165) is 62.1 Å². The third-order valence-electron chi connectivity index (χ3n) is 8.23. The van der Waals surface area contributed by atoms with Gasteiger partial charge in [0.15, 0.2) is 0 Å². The van der Waals surface area contributed by atoms with E-state index >= 15 is 0 Å². The summed E-state index contributed by atoms with van der Waals surface area (Å²) in [6, 6.07) is 9.08. The Hall–Kier alpha value is -2.71. The summed E-state index contributed by atoms with van der Waals surface area (Å²) in [5.74, 6) is 0.505. The van der Waals surface area contributed by atoms with Crippen LogP contribution in [0.1, 0.15) is 68.0 Å². The van der Waals surface area contributed by atoms with E-state index < -0.39 is 17.7 Å². The number of likely N-dealkylation sites (tertiary alicyclic amines) is 1. The van der Waals surface area contributed by atoms with Gasteiger partial charge in [-0.1, -0.05) is 18.2 Å². The molecule has 3 atom stereocenters. The Balaban J connectivity index is 1.14. The highest BCUT2D eigenvalue weighted by molar-refractivity contribution is 5.76. The van der Waals surface area contributed by atoms with Crippen LogP contribution in [0.5, 0.6) is 5.75 Å². The number of unbranched alkanes of at least 4 members (excludes halogenated alkanes) is 1. The van der Waals surface area contributed by atoms with E-state index in [1.54, 1.807) is 13.8 Å². The molecule has 1 aromatic heterocycles. The SMILES string of the molecule is CC(C)(F)C1COc2cccc(C(C(=O)O)N3CCC(OCCCCc4ccc5c(n4)NCCC5)C3)c2C1. The van der Waals surface area contributed by atoms with Gasteiger partial charge in [0.25, 0.3) is 0 Å². The topological polar surface area (TPSA) is 83.9 Å². The van der Waals surface area contributed by atoms with Crippen molar-refractivity contribution in [2.45, 2.75) is 76.6 Å². The smallest absolute Gasteiger partial charge is 0.325 e. The summed E-state index contributed by atoms with van der Waals surface area (Å²) in [4.78, 5) is 19.2. The van der Waals surface area contributed by atoms with Gasteiger partial charge < -0.3 is 19.9 Å². The number of carboxylic acid groups (broad SMARTS) is 1. The van der Waals surface area contributed by atoms with Crippen molar-refractivity contribution in [1.82, 2.24) is 9.88 Å². The van der Waals surface area contributed by atoms with Crippen LogP contribution in [0.4, 0.5) is 10.2 Å². The number of carboxylic acids is 1. The summed E-state index contributed by atoms with van der Waals surface area (Å²) >= 11 is 0. The first kappa shape index (κ1) is 26.9. The van der Waals surface area contributed by atoms with Gasteiger partial charge in [-0.2, -0.15) is 0 Å². The second-order valence-corrected chi connectivity index (χ2v) is 11.4. The standard InChI is InChI=1S/C30H40FN3O4/c1-30(2,31)21-17-25-24(9-5-10-26(25)38-19-21)27(29(35)36)34-15-13-23(18-34)37-16-4-3-8-22-12-11-20-7-6-14-32-28(20)33-22/h5,9-12,21,23,27H,3-4,6-8,13-19H2,1-2H3,(H,32,33)(H,35,36). The highest BCUT2D eigenvalue weighted by Crippen LogP contribution is 2.39. The van der Waals surface area contributed by atoms with Gasteiger partial charge in [0.2, 0.25) is 0 Å². The van der Waals surface area contributed by atoms with Crippen molar-refractivity contribution in [2.24, 2.45) is 5.92 Å². The second-order valence-electron chi connectivity index (χ2n) is 11.4. The van der Waals surface area contributed by atoms with Crippen molar-refractivity contribution < 1.29 is 23.8 Å². The van der Waals surface area contributed by atoms with E-state index in [0.29, 0.717) is 44.0 Å². The van der Waals surface area contributed by atoms with Crippen molar-refractivity contribution in [3.8, 4) is 5.75 Å². The number of fused-ring (bicyclic) bond motifs is 2. The van der Waals surface area contributed by atoms with Gasteiger partial charge in [-0.15, -0.1) is 0 Å². The lowest BCUT2D eigenvalue weighted by Crippen LogP contribution is -2.38. The maximum Gasteiger partial charge on any atom is 0.325 e. The number of anilines is 1. The first-order valence-electron chi connectivity index (χ1n) is 14.0. The van der Waals surface area contributed by atoms with Gasteiger partial charge in [0.05, 0.1) is 12.7 Å². The Morgan fingerprint density at radius 1 is 1.32 bits per heavy atom. The predicted molar refractivity (Wildman–Crippen MR) is 145 cm³/mol. The summed E-state index contributed by atoms with van der Waals surface area (Å²) < 4.78 is 26.7. The largest absolute Gasteiger partial charge is 0.493 e. The van der Waals surface area contributed by atoms with Crippen molar-refractivity contribution in [3.05, 3.63) is 52.7 Å². The molecule has 1 fully saturated rings. The first-order chi connectivity index (χ1) is 18.3. The number of halogens is 1. The molecule has 4 heterocycles. The fourth-order valence-corrected chi connectivity index (χ4v) is 5.91. The Morgan fingerprint density at radius 3 is 3.00 bits per heavy atom. The fourth-order valence-electron chi connectivity index (χ4n) is 5.91. The van der Waals surface area contributed by atoms with Gasteiger partial charge in [-0.3, -0.25) is 9.69 Å². The molecule has 3 unspecified atom stereocenters. The molecule has 0 saturated carbocycles. The molecule has 8 heteroatoms. The maximum atomic E-state index is 14.7. The first-order valence-corrected chi connectivity index (χ1v) is 14.0. The summed E-state index contributed by atoms with van der Waals surface area (Å²) in [5.41, 5.74) is 2.54. The number of aliphatic carboxylic acids is 1. The maximum absolute atomic E-state index is 14.7. The minimum Gasteiger partial charge on any atom is -0.493 e. The zero-order valence-electron chi connectivity index (χ0n) is 22.5. The van der Waals surface area contributed by atoms with Crippen LogP contribution >= 0.6 is 0 Å². The minimum atomic E-state index is -1.40. The molecular formula is C30H40FN3O4. The molecule has 0 aliphatic carbocycles. The molecule has 0 spiro atoms. The molecule has 38 heavy (non-hydrogen) atoms. The lowest BCUT2D eigenvalue weighted by Gasteiger charge is -2.35. The number of nitrogens with one attached hydrogen (secondary N) is 1. The summed E-state index contributed by atoms with van der Waals surface area (Å²) in [6.07, 6.45) is 6.41. The van der Waals surface area contributed by atoms with E-state index in [1.165, 1.54) is 5.56 Å². The third kappa shape index (κ3) is 6.12. The molecule has 3 aliphatic heterocycles. The average Bonchev–Trinajstić information content (AvgIpc) is 3.36. The van der Waals surface area contributed by atoms with Gasteiger partial charge in [0.1, 0.15) is 23.3 Å². The van der Waals surface area contributed by atoms with Gasteiger partial charge in [-0.25, -0.2) is 9.37 Å². The van der Waals surface area contributed by atoms with Crippen LogP contribution in [-0.4, -0.2) is 65.6 Å². The summed E-state index contributed by atoms with van der Waals surface area (Å²) in [6.45, 7) is 6.29. The summed E-state index contributed by atoms with van der Waals surface area (Å²) in [5, 5.41) is 13.6. The third-order valence-corrected chi connectivity index (χ3v) is 8.23. The van der Waals surface area contributed by atoms with Crippen LogP contribution in [0.15, 0.2) is 30.3 Å². The molecule has 0 amide bonds. The number of aromatic nitrogens is 1. The number of pyridine rings is 1. The Morgan fingerprint density at radius 2 is 2.18 bits per heavy atom. The Kier molecular flexibility index (Phi) is 8.19. The van der Waals surface area contributed by atoms with Crippen LogP contribution in [0.2, 0.25) is 0 Å². The van der Waals surface area contributed by atoms with E-state index in [1.807, 2.05) is 23.1 Å². The number of carbonyl (C=O) groups is 1. The van der Waals surface area contributed by atoms with Crippen molar-refractivity contribution in [1.29, 1.82) is 0 Å². The van der Waals surface area contributed by atoms with Crippen LogP contribution in [0.3, 0.4) is 0 Å². The van der Waals surface area contributed by atoms with Gasteiger partial charge in [-0.05, 0) is 82.1 Å². The van der Waals surface area contributed by atoms with E-state index in [4.69, 9.17) is 14.5 Å². The van der Waals surface area contributed by atoms with Gasteiger partial charge in [0, 0.05) is 43.4 Å². The molecular weight excluding hydrogens is 485 g/mol. The number of hydrogen-bond acceptors (Lipinski definition) is 6. The van der Waals surface area contributed by atoms with Crippen molar-refractivity contribution >= 4 is 11.8 Å². The highest BCUT2D eigenvalue weighted by Gasteiger charge is 2.39. The van der Waals surface area contributed by atoms with E-state index in [2.05, 4.69) is 17.4 Å². The number of rotatable bonds is 10. The van der Waals surface area contributed by atoms with Crippen LogP contribution in [0, 0.1) is 5.92 Å². The normalized spacial score (nSPS) is 22.2. The number of benzene rings is 1. The number of alkyl halides is 1. The molecule has 3 aliphatic rings. The Bertz CT molecular complexity index is 1130. The van der Waals surface area contributed by atoms with Gasteiger partial charge >= 0.3 is 5.97 Å². The molecule has 2 N–H and O–H groups in total. The van der Waals surface area contributed by atoms with Crippen LogP contribution in [0.25, 0.3) is 0 Å². The van der Waals surface area contributed by atoms with Crippen LogP contribution < -0.4 is 10.1 Å². The molecule has 5 rings (SSSR count). The van der Waals surface area contributed by atoms with E-state index in [9.17, 15) is 14.3 Å². The lowest BCUT2D eigenvalue weighted by atomic mass is 9.82. The zero-order chi connectivity index (χ0) is 26.7. The van der Waals surface area contributed by atoms with E-state index in [-0.39, 0.29) is 12.0 Å². The van der Waals surface area contributed by atoms with Crippen LogP contribution in [-0.2, 0) is 28.8 Å². The average molecular weight is 526 g/mol. The molecule has 0 radical (unpaired) electrons. The number of aryl methyl sites for hydroxylation is 2. The molecule has 1 saturated heterocycles. The fraction of sp³-hybridized carbons (Fsp3) is 0.600. The quantitative estimate of drug-likeness (QED) is 0.424. The number of nitrogens with zero attached hydrogens (tertiary/aromatic N) is 2. The molecule has 2 aromatic rings. The number of ether oxygens (including phenoxy) is 2. The van der Waals surface area contributed by atoms with Crippen molar-refractivity contribution in [2.75, 3.05) is 38.2 Å². The molecule has 0 bridgehead atoms. The van der Waals surface area contributed by atoms with Crippen molar-refractivity contribution in [3.63, 3.8) is 0 Å². The lowest BCUT2D eigenvalue weighted by molar-refractivity contribution is -0.143. The number of hydrogen-bond donors (Lipinski definition) is 2. The highest BCUT2D eigenvalue weighted by atomic mass is 19.1. The monoisotopic (exact) mass is 525 g/mol. The summed E-state index contributed by atoms with van der Waals surface area (Å²) in [7, 11) is 0. The predicted octanol–water partition coefficient (Wildman–Crippen LogP) is 4.98. The molecule has 206 valence electrons. The Labute approximate surface area is 224 Å².